The van der Waals surface area contributed by atoms with Crippen molar-refractivity contribution in [2.45, 2.75) is 13.1 Å². The van der Waals surface area contributed by atoms with E-state index in [1.54, 1.807) is 35.9 Å². The molecule has 1 aliphatic rings. The van der Waals surface area contributed by atoms with Gasteiger partial charge in [0.2, 0.25) is 0 Å². The number of nitrogens with zero attached hydrogens (tertiary/aromatic N) is 5. The van der Waals surface area contributed by atoms with Crippen molar-refractivity contribution >= 4 is 34.2 Å². The highest BCUT2D eigenvalue weighted by Crippen LogP contribution is 2.26. The first kappa shape index (κ1) is 24.7. The summed E-state index contributed by atoms with van der Waals surface area (Å²) >= 11 is 6.63. The van der Waals surface area contributed by atoms with Gasteiger partial charge < -0.3 is 14.9 Å². The zero-order valence-electron chi connectivity index (χ0n) is 19.9. The number of terminal acetylenes is 1. The molecule has 2 aromatic carbocycles. The Hall–Kier alpha value is -3.38. The average molecular weight is 494 g/mol. The maximum absolute atomic E-state index is 13.2. The topological polar surface area (TPSA) is 81.9 Å². The molecule has 0 radical (unpaired) electrons. The van der Waals surface area contributed by atoms with Crippen LogP contribution in [0, 0.1) is 12.3 Å². The van der Waals surface area contributed by atoms with Gasteiger partial charge in [-0.05, 0) is 49.0 Å². The van der Waals surface area contributed by atoms with E-state index in [1.807, 2.05) is 4.90 Å². The largest absolute Gasteiger partial charge is 0.478 e. The Kier molecular flexibility index (Phi) is 7.41. The van der Waals surface area contributed by atoms with Gasteiger partial charge in [-0.3, -0.25) is 14.3 Å². The SMILES string of the molecule is C#CCN(Cc1cc2c(=O)n(C)c(CN3CCN(C)CC3)nc2cc1Cl)c1ccc(C(=O)O)cc1. The molecule has 35 heavy (non-hydrogen) atoms. The number of hydrogen-bond acceptors (Lipinski definition) is 6. The van der Waals surface area contributed by atoms with Crippen LogP contribution in [0.25, 0.3) is 10.9 Å². The van der Waals surface area contributed by atoms with Crippen LogP contribution < -0.4 is 10.5 Å². The molecule has 4 rings (SSSR count). The van der Waals surface area contributed by atoms with Crippen LogP contribution in [0.4, 0.5) is 5.69 Å². The molecule has 1 fully saturated rings. The number of carboxylic acid groups (broad SMARTS) is 1. The summed E-state index contributed by atoms with van der Waals surface area (Å²) in [6, 6.07) is 10.0. The Morgan fingerprint density at radius 2 is 1.86 bits per heavy atom. The van der Waals surface area contributed by atoms with Crippen molar-refractivity contribution in [1.29, 1.82) is 0 Å². The number of carbonyl (C=O) groups is 1. The normalized spacial score (nSPS) is 14.7. The van der Waals surface area contributed by atoms with Gasteiger partial charge in [0.15, 0.2) is 0 Å². The number of aromatic nitrogens is 2. The predicted octanol–water partition coefficient (Wildman–Crippen LogP) is 2.67. The summed E-state index contributed by atoms with van der Waals surface area (Å²) in [5, 5.41) is 10.1. The van der Waals surface area contributed by atoms with Gasteiger partial charge in [-0.2, -0.15) is 0 Å². The monoisotopic (exact) mass is 493 g/mol. The summed E-state index contributed by atoms with van der Waals surface area (Å²) in [5.41, 5.74) is 2.15. The molecule has 9 heteroatoms. The van der Waals surface area contributed by atoms with E-state index in [0.717, 1.165) is 37.4 Å². The Balaban J connectivity index is 1.63. The lowest BCUT2D eigenvalue weighted by molar-refractivity contribution is 0.0697. The molecule has 0 bridgehead atoms. The van der Waals surface area contributed by atoms with Crippen molar-refractivity contribution in [2.24, 2.45) is 7.05 Å². The zero-order chi connectivity index (χ0) is 25.1. The van der Waals surface area contributed by atoms with E-state index in [0.29, 0.717) is 41.4 Å². The van der Waals surface area contributed by atoms with E-state index in [4.69, 9.17) is 28.1 Å². The number of anilines is 1. The van der Waals surface area contributed by atoms with Gasteiger partial charge in [-0.1, -0.05) is 17.5 Å². The summed E-state index contributed by atoms with van der Waals surface area (Å²) < 4.78 is 1.61. The Morgan fingerprint density at radius 3 is 2.49 bits per heavy atom. The lowest BCUT2D eigenvalue weighted by atomic mass is 10.1. The van der Waals surface area contributed by atoms with Crippen molar-refractivity contribution in [3.8, 4) is 12.3 Å². The van der Waals surface area contributed by atoms with E-state index in [2.05, 4.69) is 22.8 Å². The molecule has 1 saturated heterocycles. The Bertz CT molecular complexity index is 1340. The number of hydrogen-bond donors (Lipinski definition) is 1. The fraction of sp³-hybridized carbons (Fsp3) is 0.346. The van der Waals surface area contributed by atoms with Gasteiger partial charge >= 0.3 is 5.97 Å². The highest BCUT2D eigenvalue weighted by atomic mass is 35.5. The first-order valence-electron chi connectivity index (χ1n) is 11.4. The second-order valence-electron chi connectivity index (χ2n) is 8.84. The lowest BCUT2D eigenvalue weighted by Crippen LogP contribution is -2.44. The van der Waals surface area contributed by atoms with Crippen molar-refractivity contribution in [2.75, 3.05) is 44.7 Å². The van der Waals surface area contributed by atoms with Crippen LogP contribution >= 0.6 is 11.6 Å². The molecule has 0 atom stereocenters. The lowest BCUT2D eigenvalue weighted by Gasteiger charge is -2.32. The Morgan fingerprint density at radius 1 is 1.17 bits per heavy atom. The van der Waals surface area contributed by atoms with Gasteiger partial charge in [-0.15, -0.1) is 6.42 Å². The zero-order valence-corrected chi connectivity index (χ0v) is 20.6. The van der Waals surface area contributed by atoms with Crippen LogP contribution in [0.2, 0.25) is 5.02 Å². The maximum Gasteiger partial charge on any atom is 0.335 e. The van der Waals surface area contributed by atoms with Gasteiger partial charge in [0.1, 0.15) is 5.82 Å². The minimum Gasteiger partial charge on any atom is -0.478 e. The number of piperazine rings is 1. The third kappa shape index (κ3) is 5.49. The summed E-state index contributed by atoms with van der Waals surface area (Å²) in [7, 11) is 3.86. The fourth-order valence-electron chi connectivity index (χ4n) is 4.22. The molecule has 0 unspecified atom stereocenters. The smallest absolute Gasteiger partial charge is 0.335 e. The fourth-order valence-corrected chi connectivity index (χ4v) is 4.44. The van der Waals surface area contributed by atoms with Crippen molar-refractivity contribution in [3.63, 3.8) is 0 Å². The van der Waals surface area contributed by atoms with Gasteiger partial charge in [-0.25, -0.2) is 9.78 Å². The standard InChI is InChI=1S/C26H28ClN5O3/c1-4-9-32(20-7-5-18(6-8-20)26(34)35)16-19-14-21-23(15-22(19)27)28-24(30(3)25(21)33)17-31-12-10-29(2)11-13-31/h1,5-8,14-15H,9-13,16-17H2,2-3H3,(H,34,35). The molecule has 0 amide bonds. The second-order valence-corrected chi connectivity index (χ2v) is 9.25. The first-order chi connectivity index (χ1) is 16.8. The van der Waals surface area contributed by atoms with Gasteiger partial charge in [0, 0.05) is 50.5 Å². The summed E-state index contributed by atoms with van der Waals surface area (Å²) in [4.78, 5) is 35.7. The molecule has 0 spiro atoms. The number of halogens is 1. The van der Waals surface area contributed by atoms with Crippen LogP contribution in [0.5, 0.6) is 0 Å². The Labute approximate surface area is 209 Å². The number of likely N-dealkylation sites (N-methyl/N-ethyl adjacent to an activating group) is 1. The molecular weight excluding hydrogens is 466 g/mol. The minimum absolute atomic E-state index is 0.119. The van der Waals surface area contributed by atoms with Crippen LogP contribution in [0.1, 0.15) is 21.7 Å². The molecule has 1 N–H and O–H groups in total. The second kappa shape index (κ2) is 10.5. The summed E-state index contributed by atoms with van der Waals surface area (Å²) in [6.07, 6.45) is 5.58. The van der Waals surface area contributed by atoms with Crippen LogP contribution in [-0.2, 0) is 20.1 Å². The van der Waals surface area contributed by atoms with Crippen molar-refractivity contribution < 1.29 is 9.90 Å². The number of benzene rings is 2. The summed E-state index contributed by atoms with van der Waals surface area (Å²) in [6.45, 7) is 5.11. The maximum atomic E-state index is 13.2. The highest BCUT2D eigenvalue weighted by molar-refractivity contribution is 6.32. The molecular formula is C26H28ClN5O3. The quantitative estimate of drug-likeness (QED) is 0.507. The van der Waals surface area contributed by atoms with E-state index >= 15 is 0 Å². The van der Waals surface area contributed by atoms with E-state index in [9.17, 15) is 9.59 Å². The van der Waals surface area contributed by atoms with Crippen LogP contribution in [-0.4, -0.2) is 70.2 Å². The van der Waals surface area contributed by atoms with E-state index in [-0.39, 0.29) is 11.1 Å². The van der Waals surface area contributed by atoms with Gasteiger partial charge in [0.25, 0.3) is 5.56 Å². The molecule has 0 aliphatic carbocycles. The molecule has 182 valence electrons. The summed E-state index contributed by atoms with van der Waals surface area (Å²) in [5.74, 6) is 2.35. The van der Waals surface area contributed by atoms with Crippen molar-refractivity contribution in [3.05, 3.63) is 68.7 Å². The van der Waals surface area contributed by atoms with E-state index in [1.165, 1.54) is 12.1 Å². The van der Waals surface area contributed by atoms with Crippen LogP contribution in [0.15, 0.2) is 41.2 Å². The molecule has 1 aromatic heterocycles. The number of rotatable bonds is 7. The molecule has 0 saturated carbocycles. The number of aromatic carboxylic acids is 1. The molecule has 3 aromatic rings. The third-order valence-electron chi connectivity index (χ3n) is 6.42. The molecule has 8 nitrogen and oxygen atoms in total. The predicted molar refractivity (Wildman–Crippen MR) is 138 cm³/mol. The number of carboxylic acids is 1. The third-order valence-corrected chi connectivity index (χ3v) is 6.77. The van der Waals surface area contributed by atoms with E-state index < -0.39 is 5.97 Å². The van der Waals surface area contributed by atoms with Crippen molar-refractivity contribution in [1.82, 2.24) is 19.4 Å². The van der Waals surface area contributed by atoms with Crippen LogP contribution in [0.3, 0.4) is 0 Å². The number of fused-ring (bicyclic) bond motifs is 1. The minimum atomic E-state index is -0.993. The first-order valence-corrected chi connectivity index (χ1v) is 11.8. The molecule has 2 heterocycles. The highest BCUT2D eigenvalue weighted by Gasteiger charge is 2.18. The van der Waals surface area contributed by atoms with Gasteiger partial charge in [0.05, 0.1) is 29.6 Å². The average Bonchev–Trinajstić information content (AvgIpc) is 2.84. The molecule has 1 aliphatic heterocycles.